The number of hydrogen-bond donors (Lipinski definition) is 1. The number of aromatic nitrogens is 2. The molecule has 1 saturated heterocycles. The summed E-state index contributed by atoms with van der Waals surface area (Å²) in [5.74, 6) is -0.323. The first-order valence-electron chi connectivity index (χ1n) is 8.29. The second kappa shape index (κ2) is 6.87. The van der Waals surface area contributed by atoms with E-state index in [9.17, 15) is 18.0 Å². The minimum Gasteiger partial charge on any atom is -0.335 e. The average Bonchev–Trinajstić information content (AvgIpc) is 3.24. The summed E-state index contributed by atoms with van der Waals surface area (Å²) in [6.45, 7) is 0.956. The van der Waals surface area contributed by atoms with Crippen molar-refractivity contribution in [3.8, 4) is 0 Å². The largest absolute Gasteiger partial charge is 0.335 e. The zero-order chi connectivity index (χ0) is 19.0. The number of thiophene rings is 1. The molecule has 27 heavy (non-hydrogen) atoms. The van der Waals surface area contributed by atoms with Crippen LogP contribution in [0.15, 0.2) is 50.8 Å². The highest BCUT2D eigenvalue weighted by Gasteiger charge is 2.31. The average molecular weight is 404 g/mol. The van der Waals surface area contributed by atoms with Gasteiger partial charge in [-0.1, -0.05) is 24.3 Å². The fourth-order valence-electron chi connectivity index (χ4n) is 3.10. The summed E-state index contributed by atoms with van der Waals surface area (Å²) < 4.78 is 26.9. The lowest BCUT2D eigenvalue weighted by Crippen LogP contribution is -2.50. The first-order valence-corrected chi connectivity index (χ1v) is 10.6. The lowest BCUT2D eigenvalue weighted by Gasteiger charge is -2.33. The standard InChI is InChI=1S/C17H16N4O4S2/c22-16-13-5-2-1-4-12(13)15(18-19-16)17(23)20-7-9-21(10-8-20)27(24,25)14-6-3-11-26-14/h1-6,11H,7-10H2,(H,19,22). The van der Waals surface area contributed by atoms with Crippen molar-refractivity contribution in [3.63, 3.8) is 0 Å². The fourth-order valence-corrected chi connectivity index (χ4v) is 5.66. The number of nitrogens with one attached hydrogen (secondary N) is 1. The SMILES string of the molecule is O=C(c1n[nH]c(=O)c2ccccc12)N1CCN(S(=O)(=O)c2cccs2)CC1. The summed E-state index contributed by atoms with van der Waals surface area (Å²) in [5, 5.41) is 8.89. The third-order valence-electron chi connectivity index (χ3n) is 4.51. The number of aromatic amines is 1. The highest BCUT2D eigenvalue weighted by atomic mass is 32.2. The monoisotopic (exact) mass is 404 g/mol. The Morgan fingerprint density at radius 2 is 1.74 bits per heavy atom. The molecule has 2 aromatic heterocycles. The Morgan fingerprint density at radius 1 is 1.04 bits per heavy atom. The Kier molecular flexibility index (Phi) is 4.54. The number of piperazine rings is 1. The van der Waals surface area contributed by atoms with Crippen LogP contribution >= 0.6 is 11.3 Å². The van der Waals surface area contributed by atoms with E-state index >= 15 is 0 Å². The summed E-state index contributed by atoms with van der Waals surface area (Å²) in [7, 11) is -3.52. The van der Waals surface area contributed by atoms with Crippen molar-refractivity contribution in [2.45, 2.75) is 4.21 Å². The van der Waals surface area contributed by atoms with E-state index in [0.29, 0.717) is 15.0 Å². The molecule has 4 rings (SSSR count). The maximum atomic E-state index is 12.9. The molecule has 140 valence electrons. The molecule has 1 aliphatic heterocycles. The van der Waals surface area contributed by atoms with Crippen LogP contribution in [-0.4, -0.2) is 59.9 Å². The Bertz CT molecular complexity index is 1150. The van der Waals surface area contributed by atoms with Crippen molar-refractivity contribution in [1.82, 2.24) is 19.4 Å². The molecule has 10 heteroatoms. The summed E-state index contributed by atoms with van der Waals surface area (Å²) in [6, 6.07) is 10.1. The molecule has 0 saturated carbocycles. The van der Waals surface area contributed by atoms with Gasteiger partial charge in [0.15, 0.2) is 5.69 Å². The molecule has 0 aliphatic carbocycles. The van der Waals surface area contributed by atoms with Crippen LogP contribution in [0, 0.1) is 0 Å². The van der Waals surface area contributed by atoms with E-state index in [1.165, 1.54) is 15.6 Å². The van der Waals surface area contributed by atoms with Crippen LogP contribution in [0.2, 0.25) is 0 Å². The zero-order valence-electron chi connectivity index (χ0n) is 14.2. The van der Waals surface area contributed by atoms with Crippen LogP contribution in [0.4, 0.5) is 0 Å². The molecule has 1 fully saturated rings. The summed E-state index contributed by atoms with van der Waals surface area (Å²) in [4.78, 5) is 26.3. The van der Waals surface area contributed by atoms with E-state index in [1.807, 2.05) is 0 Å². The maximum absolute atomic E-state index is 12.9. The third-order valence-corrected chi connectivity index (χ3v) is 7.79. The van der Waals surface area contributed by atoms with Gasteiger partial charge in [-0.3, -0.25) is 9.59 Å². The van der Waals surface area contributed by atoms with Crippen molar-refractivity contribution >= 4 is 38.0 Å². The number of H-pyrrole nitrogens is 1. The lowest BCUT2D eigenvalue weighted by atomic mass is 10.1. The number of hydrogen-bond acceptors (Lipinski definition) is 6. The summed E-state index contributed by atoms with van der Waals surface area (Å²) in [6.07, 6.45) is 0. The fraction of sp³-hybridized carbons (Fsp3) is 0.235. The van der Waals surface area contributed by atoms with Crippen LogP contribution in [0.3, 0.4) is 0 Å². The Balaban J connectivity index is 1.55. The minimum absolute atomic E-state index is 0.166. The van der Waals surface area contributed by atoms with Gasteiger partial charge >= 0.3 is 0 Å². The molecule has 0 atom stereocenters. The number of sulfonamides is 1. The van der Waals surface area contributed by atoms with Gasteiger partial charge in [0.25, 0.3) is 21.5 Å². The number of nitrogens with zero attached hydrogens (tertiary/aromatic N) is 3. The van der Waals surface area contributed by atoms with E-state index in [2.05, 4.69) is 10.2 Å². The molecule has 1 amide bonds. The van der Waals surface area contributed by atoms with Crippen LogP contribution < -0.4 is 5.56 Å². The van der Waals surface area contributed by atoms with Crippen molar-refractivity contribution in [2.75, 3.05) is 26.2 Å². The highest BCUT2D eigenvalue weighted by molar-refractivity contribution is 7.91. The smallest absolute Gasteiger partial charge is 0.275 e. The van der Waals surface area contributed by atoms with E-state index in [-0.39, 0.29) is 43.3 Å². The Labute approximate surface area is 159 Å². The number of carbonyl (C=O) groups excluding carboxylic acids is 1. The molecular formula is C17H16N4O4S2. The molecule has 1 aliphatic rings. The first kappa shape index (κ1) is 17.8. The van der Waals surface area contributed by atoms with E-state index in [1.54, 1.807) is 46.7 Å². The third kappa shape index (κ3) is 3.15. The lowest BCUT2D eigenvalue weighted by molar-refractivity contribution is 0.0693. The van der Waals surface area contributed by atoms with Crippen LogP contribution in [0.1, 0.15) is 10.5 Å². The van der Waals surface area contributed by atoms with E-state index in [4.69, 9.17) is 0 Å². The van der Waals surface area contributed by atoms with Crippen LogP contribution in [0.5, 0.6) is 0 Å². The quantitative estimate of drug-likeness (QED) is 0.705. The molecule has 0 bridgehead atoms. The Hall–Kier alpha value is -2.56. The van der Waals surface area contributed by atoms with E-state index < -0.39 is 10.0 Å². The Morgan fingerprint density at radius 3 is 2.41 bits per heavy atom. The molecule has 0 spiro atoms. The second-order valence-corrected chi connectivity index (χ2v) is 9.19. The topological polar surface area (TPSA) is 103 Å². The van der Waals surface area contributed by atoms with Gasteiger partial charge in [-0.2, -0.15) is 9.40 Å². The summed E-state index contributed by atoms with van der Waals surface area (Å²) >= 11 is 1.18. The first-order chi connectivity index (χ1) is 13.0. The van der Waals surface area contributed by atoms with Crippen LogP contribution in [-0.2, 0) is 10.0 Å². The number of rotatable bonds is 3. The highest BCUT2D eigenvalue weighted by Crippen LogP contribution is 2.23. The molecule has 8 nitrogen and oxygen atoms in total. The molecule has 3 heterocycles. The number of carbonyl (C=O) groups is 1. The molecule has 0 radical (unpaired) electrons. The molecule has 0 unspecified atom stereocenters. The second-order valence-electron chi connectivity index (χ2n) is 6.08. The predicted octanol–water partition coefficient (Wildman–Crippen LogP) is 1.13. The molecule has 3 aromatic rings. The van der Waals surface area contributed by atoms with Gasteiger partial charge in [0.05, 0.1) is 5.39 Å². The van der Waals surface area contributed by atoms with Crippen LogP contribution in [0.25, 0.3) is 10.8 Å². The number of benzene rings is 1. The van der Waals surface area contributed by atoms with Gasteiger partial charge in [0.1, 0.15) is 4.21 Å². The number of amides is 1. The minimum atomic E-state index is -3.52. The van der Waals surface area contributed by atoms with Gasteiger partial charge in [-0.05, 0) is 17.5 Å². The van der Waals surface area contributed by atoms with Crippen molar-refractivity contribution in [1.29, 1.82) is 0 Å². The van der Waals surface area contributed by atoms with Crippen molar-refractivity contribution in [3.05, 3.63) is 57.8 Å². The number of fused-ring (bicyclic) bond motifs is 1. The predicted molar refractivity (Wildman–Crippen MR) is 101 cm³/mol. The van der Waals surface area contributed by atoms with Gasteiger partial charge < -0.3 is 4.90 Å². The van der Waals surface area contributed by atoms with Crippen molar-refractivity contribution in [2.24, 2.45) is 0 Å². The van der Waals surface area contributed by atoms with Gasteiger partial charge in [-0.25, -0.2) is 13.5 Å². The molecule has 1 aromatic carbocycles. The van der Waals surface area contributed by atoms with Gasteiger partial charge in [0.2, 0.25) is 0 Å². The van der Waals surface area contributed by atoms with E-state index in [0.717, 1.165) is 0 Å². The van der Waals surface area contributed by atoms with Gasteiger partial charge in [0, 0.05) is 31.6 Å². The molecule has 1 N–H and O–H groups in total. The van der Waals surface area contributed by atoms with Gasteiger partial charge in [-0.15, -0.1) is 11.3 Å². The normalized spacial score (nSPS) is 15.9. The zero-order valence-corrected chi connectivity index (χ0v) is 15.8. The molecular weight excluding hydrogens is 388 g/mol. The van der Waals surface area contributed by atoms with Crippen molar-refractivity contribution < 1.29 is 13.2 Å². The maximum Gasteiger partial charge on any atom is 0.275 e. The summed E-state index contributed by atoms with van der Waals surface area (Å²) in [5.41, 5.74) is -0.186.